The summed E-state index contributed by atoms with van der Waals surface area (Å²) >= 11 is 0. The van der Waals surface area contributed by atoms with Crippen LogP contribution in [0.2, 0.25) is 0 Å². The Morgan fingerprint density at radius 3 is 2.57 bits per heavy atom. The number of nitrogens with zero attached hydrogens (tertiary/aromatic N) is 2. The van der Waals surface area contributed by atoms with Gasteiger partial charge in [-0.2, -0.15) is 5.10 Å². The summed E-state index contributed by atoms with van der Waals surface area (Å²) in [7, 11) is 0. The van der Waals surface area contributed by atoms with E-state index in [0.29, 0.717) is 6.42 Å². The first-order valence-electron chi connectivity index (χ1n) is 7.16. The normalized spacial score (nSPS) is 37.0. The predicted octanol–water partition coefficient (Wildman–Crippen LogP) is 1.94. The van der Waals surface area contributed by atoms with Crippen LogP contribution >= 0.6 is 0 Å². The zero-order valence-corrected chi connectivity index (χ0v) is 11.2. The SMILES string of the molecule is O=C(C1=NN2C(N1)[C@H](F)C[C@@H]2c1ccccc1)[C@@H]1C[C@@H]1F. The average molecular weight is 291 g/mol. The van der Waals surface area contributed by atoms with Crippen LogP contribution in [0.1, 0.15) is 24.4 Å². The molecule has 2 heterocycles. The molecule has 6 heteroatoms. The predicted molar refractivity (Wildman–Crippen MR) is 72.9 cm³/mol. The van der Waals surface area contributed by atoms with Gasteiger partial charge in [-0.05, 0) is 12.0 Å². The minimum Gasteiger partial charge on any atom is -0.342 e. The lowest BCUT2D eigenvalue weighted by molar-refractivity contribution is -0.114. The summed E-state index contributed by atoms with van der Waals surface area (Å²) in [5.41, 5.74) is 0.969. The van der Waals surface area contributed by atoms with E-state index in [1.54, 1.807) is 5.01 Å². The molecule has 4 rings (SSSR count). The monoisotopic (exact) mass is 291 g/mol. The van der Waals surface area contributed by atoms with Crippen LogP contribution in [0.4, 0.5) is 8.78 Å². The van der Waals surface area contributed by atoms with Gasteiger partial charge >= 0.3 is 0 Å². The van der Waals surface area contributed by atoms with Crippen LogP contribution < -0.4 is 5.32 Å². The zero-order valence-electron chi connectivity index (χ0n) is 11.2. The standard InChI is InChI=1S/C15H15F2N3O/c16-10-6-9(10)13(21)14-18-15-11(17)7-12(20(15)19-14)8-4-2-1-3-5-8/h1-5,9-12,15H,6-7H2,(H,18,19)/t9-,10+,11-,12-,15?/m1/s1. The molecule has 1 aromatic rings. The molecule has 1 aliphatic carbocycles. The van der Waals surface area contributed by atoms with E-state index in [9.17, 15) is 13.6 Å². The third-order valence-corrected chi connectivity index (χ3v) is 4.36. The Morgan fingerprint density at radius 2 is 1.90 bits per heavy atom. The van der Waals surface area contributed by atoms with E-state index in [4.69, 9.17) is 0 Å². The molecule has 0 aromatic heterocycles. The number of hydrogen-bond acceptors (Lipinski definition) is 4. The lowest BCUT2D eigenvalue weighted by Crippen LogP contribution is -2.42. The molecule has 1 saturated heterocycles. The van der Waals surface area contributed by atoms with Crippen LogP contribution in [0, 0.1) is 5.92 Å². The van der Waals surface area contributed by atoms with Crippen LogP contribution in [0.3, 0.4) is 0 Å². The third kappa shape index (κ3) is 2.01. The van der Waals surface area contributed by atoms with Crippen molar-refractivity contribution in [1.82, 2.24) is 10.3 Å². The van der Waals surface area contributed by atoms with Gasteiger partial charge in [-0.25, -0.2) is 8.78 Å². The van der Waals surface area contributed by atoms with Crippen LogP contribution in [0.25, 0.3) is 0 Å². The molecule has 1 aromatic carbocycles. The summed E-state index contributed by atoms with van der Waals surface area (Å²) in [4.78, 5) is 12.0. The maximum Gasteiger partial charge on any atom is 0.205 e. The molecule has 5 atom stereocenters. The Hall–Kier alpha value is -1.98. The number of Topliss-reactive ketones (excluding diaryl/α,β-unsaturated/α-hetero) is 1. The van der Waals surface area contributed by atoms with Gasteiger partial charge in [0.15, 0.2) is 5.84 Å². The number of carbonyl (C=O) groups is 1. The number of halogens is 2. The second-order valence-corrected chi connectivity index (χ2v) is 5.82. The number of rotatable bonds is 3. The molecular weight excluding hydrogens is 276 g/mol. The largest absolute Gasteiger partial charge is 0.342 e. The maximum absolute atomic E-state index is 14.2. The fraction of sp³-hybridized carbons (Fsp3) is 0.467. The quantitative estimate of drug-likeness (QED) is 0.925. The summed E-state index contributed by atoms with van der Waals surface area (Å²) in [5.74, 6) is -0.825. The first kappa shape index (κ1) is 12.7. The number of fused-ring (bicyclic) bond motifs is 1. The number of hydrazone groups is 1. The lowest BCUT2D eigenvalue weighted by atomic mass is 10.0. The second-order valence-electron chi connectivity index (χ2n) is 5.82. The Bertz CT molecular complexity index is 606. The van der Waals surface area contributed by atoms with E-state index in [1.807, 2.05) is 30.3 Å². The van der Waals surface area contributed by atoms with E-state index >= 15 is 0 Å². The third-order valence-electron chi connectivity index (χ3n) is 4.36. The Kier molecular flexibility index (Phi) is 2.74. The van der Waals surface area contributed by atoms with Crippen molar-refractivity contribution in [2.75, 3.05) is 0 Å². The van der Waals surface area contributed by atoms with Gasteiger partial charge in [0.25, 0.3) is 0 Å². The smallest absolute Gasteiger partial charge is 0.205 e. The molecule has 1 N–H and O–H groups in total. The topological polar surface area (TPSA) is 44.7 Å². The number of nitrogens with one attached hydrogen (secondary N) is 1. The fourth-order valence-corrected chi connectivity index (χ4v) is 3.08. The van der Waals surface area contributed by atoms with Gasteiger partial charge in [0.2, 0.25) is 5.78 Å². The molecule has 4 nitrogen and oxygen atoms in total. The molecule has 1 saturated carbocycles. The number of hydrogen-bond donors (Lipinski definition) is 1. The van der Waals surface area contributed by atoms with Crippen molar-refractivity contribution >= 4 is 11.6 Å². The first-order valence-corrected chi connectivity index (χ1v) is 7.16. The van der Waals surface area contributed by atoms with Gasteiger partial charge < -0.3 is 5.32 Å². The lowest BCUT2D eigenvalue weighted by Gasteiger charge is -2.21. The number of alkyl halides is 2. The van der Waals surface area contributed by atoms with Gasteiger partial charge in [-0.15, -0.1) is 0 Å². The van der Waals surface area contributed by atoms with E-state index in [-0.39, 0.29) is 24.1 Å². The summed E-state index contributed by atoms with van der Waals surface area (Å²) in [6, 6.07) is 9.35. The number of amidine groups is 1. The summed E-state index contributed by atoms with van der Waals surface area (Å²) in [6.07, 6.45) is -2.20. The molecule has 3 aliphatic rings. The highest BCUT2D eigenvalue weighted by Gasteiger charge is 2.51. The van der Waals surface area contributed by atoms with Gasteiger partial charge in [0, 0.05) is 6.42 Å². The van der Waals surface area contributed by atoms with Crippen molar-refractivity contribution in [2.24, 2.45) is 11.0 Å². The molecule has 0 radical (unpaired) electrons. The molecule has 21 heavy (non-hydrogen) atoms. The highest BCUT2D eigenvalue weighted by molar-refractivity contribution is 6.40. The summed E-state index contributed by atoms with van der Waals surface area (Å²) in [5, 5.41) is 8.68. The van der Waals surface area contributed by atoms with E-state index in [0.717, 1.165) is 5.56 Å². The van der Waals surface area contributed by atoms with Crippen LogP contribution in [0.5, 0.6) is 0 Å². The average Bonchev–Trinajstić information content (AvgIpc) is 2.95. The molecule has 2 fully saturated rings. The van der Waals surface area contributed by atoms with Gasteiger partial charge in [-0.3, -0.25) is 9.80 Å². The van der Waals surface area contributed by atoms with Crippen molar-refractivity contribution in [1.29, 1.82) is 0 Å². The number of carbonyl (C=O) groups excluding carboxylic acids is 1. The minimum absolute atomic E-state index is 0.105. The highest BCUT2D eigenvalue weighted by Crippen LogP contribution is 2.40. The van der Waals surface area contributed by atoms with Crippen molar-refractivity contribution in [3.8, 4) is 0 Å². The Labute approximate surface area is 120 Å². The minimum atomic E-state index is -1.11. The van der Waals surface area contributed by atoms with E-state index in [1.165, 1.54) is 0 Å². The fourth-order valence-electron chi connectivity index (χ4n) is 3.08. The highest BCUT2D eigenvalue weighted by atomic mass is 19.1. The van der Waals surface area contributed by atoms with Crippen molar-refractivity contribution < 1.29 is 13.6 Å². The van der Waals surface area contributed by atoms with Crippen molar-refractivity contribution in [3.63, 3.8) is 0 Å². The summed E-state index contributed by atoms with van der Waals surface area (Å²) in [6.45, 7) is 0. The van der Waals surface area contributed by atoms with Crippen LogP contribution in [-0.4, -0.2) is 35.1 Å². The van der Waals surface area contributed by atoms with Crippen molar-refractivity contribution in [3.05, 3.63) is 35.9 Å². The molecule has 0 bridgehead atoms. The van der Waals surface area contributed by atoms with Gasteiger partial charge in [0.05, 0.1) is 12.0 Å². The van der Waals surface area contributed by atoms with E-state index in [2.05, 4.69) is 10.4 Å². The Morgan fingerprint density at radius 1 is 1.19 bits per heavy atom. The first-order chi connectivity index (χ1) is 10.1. The number of ketones is 1. The van der Waals surface area contributed by atoms with Crippen LogP contribution in [0.15, 0.2) is 35.4 Å². The van der Waals surface area contributed by atoms with Gasteiger partial charge in [-0.1, -0.05) is 30.3 Å². The summed E-state index contributed by atoms with van der Waals surface area (Å²) < 4.78 is 27.2. The second kappa shape index (κ2) is 4.51. The van der Waals surface area contributed by atoms with Gasteiger partial charge in [0.1, 0.15) is 18.5 Å². The molecule has 2 aliphatic heterocycles. The molecular formula is C15H15F2N3O. The van der Waals surface area contributed by atoms with E-state index < -0.39 is 24.4 Å². The molecule has 110 valence electrons. The van der Waals surface area contributed by atoms with Crippen LogP contribution in [-0.2, 0) is 4.79 Å². The maximum atomic E-state index is 14.2. The Balaban J connectivity index is 1.59. The molecule has 0 spiro atoms. The molecule has 1 unspecified atom stereocenters. The van der Waals surface area contributed by atoms with Crippen molar-refractivity contribution in [2.45, 2.75) is 37.4 Å². The zero-order chi connectivity index (χ0) is 14.6. The number of benzene rings is 1. The molecule has 0 amide bonds.